The van der Waals surface area contributed by atoms with E-state index in [1.54, 1.807) is 0 Å². The first-order valence-electron chi connectivity index (χ1n) is 9.54. The van der Waals surface area contributed by atoms with E-state index in [-0.39, 0.29) is 39.5 Å². The molecule has 0 saturated carbocycles. The third-order valence-corrected chi connectivity index (χ3v) is 4.84. The van der Waals surface area contributed by atoms with Crippen LogP contribution in [0.4, 0.5) is 14.6 Å². The molecule has 0 radical (unpaired) electrons. The number of rotatable bonds is 5. The Morgan fingerprint density at radius 1 is 1.23 bits per heavy atom. The highest BCUT2D eigenvalue weighted by Gasteiger charge is 2.21. The Hall–Kier alpha value is -3.99. The Kier molecular flexibility index (Phi) is 5.26. The van der Waals surface area contributed by atoms with Crippen LogP contribution in [0.25, 0.3) is 32.9 Å². The molecule has 0 aliphatic rings. The number of terminal acetylenes is 1. The van der Waals surface area contributed by atoms with Crippen LogP contribution < -0.4 is 10.1 Å². The zero-order valence-corrected chi connectivity index (χ0v) is 16.8. The van der Waals surface area contributed by atoms with Crippen molar-refractivity contribution in [3.05, 3.63) is 47.7 Å². The molecule has 156 valence electrons. The highest BCUT2D eigenvalue weighted by atomic mass is 19.1. The maximum atomic E-state index is 15.7. The summed E-state index contributed by atoms with van der Waals surface area (Å²) in [5, 5.41) is 14.4. The summed E-state index contributed by atoms with van der Waals surface area (Å²) in [6.07, 6.45) is 7.78. The minimum atomic E-state index is -0.767. The zero-order chi connectivity index (χ0) is 22.1. The molecule has 2 aromatic heterocycles. The van der Waals surface area contributed by atoms with Crippen molar-refractivity contribution in [2.24, 2.45) is 0 Å². The number of nitrogens with zero attached hydrogens (tertiary/aromatic N) is 3. The summed E-state index contributed by atoms with van der Waals surface area (Å²) in [6, 6.07) is 5.38. The van der Waals surface area contributed by atoms with Crippen molar-refractivity contribution in [2.75, 3.05) is 19.0 Å². The van der Waals surface area contributed by atoms with Gasteiger partial charge in [-0.15, -0.1) is 6.42 Å². The van der Waals surface area contributed by atoms with E-state index in [2.05, 4.69) is 26.2 Å². The number of fused-ring (bicyclic) bond motifs is 2. The molecule has 0 aliphatic carbocycles. The van der Waals surface area contributed by atoms with Gasteiger partial charge in [-0.05, 0) is 30.0 Å². The fourth-order valence-electron chi connectivity index (χ4n) is 3.45. The lowest BCUT2D eigenvalue weighted by Crippen LogP contribution is -2.06. The molecular formula is C23H18F2N4O2. The first-order chi connectivity index (χ1) is 15.0. The number of anilines is 1. The minimum Gasteiger partial charge on any atom is -0.508 e. The average Bonchev–Trinajstić information content (AvgIpc) is 2.77. The fraction of sp³-hybridized carbons (Fsp3) is 0.174. The van der Waals surface area contributed by atoms with Crippen LogP contribution >= 0.6 is 0 Å². The fourth-order valence-corrected chi connectivity index (χ4v) is 3.45. The molecule has 6 nitrogen and oxygen atoms in total. The molecule has 31 heavy (non-hydrogen) atoms. The number of methoxy groups -OCH3 is 1. The molecule has 2 aromatic carbocycles. The van der Waals surface area contributed by atoms with Gasteiger partial charge >= 0.3 is 6.01 Å². The summed E-state index contributed by atoms with van der Waals surface area (Å²) in [7, 11) is 1.38. The van der Waals surface area contributed by atoms with Crippen LogP contribution in [0.15, 0.2) is 30.5 Å². The van der Waals surface area contributed by atoms with E-state index in [0.29, 0.717) is 23.1 Å². The number of halogens is 2. The first-order valence-corrected chi connectivity index (χ1v) is 9.54. The maximum absolute atomic E-state index is 15.7. The van der Waals surface area contributed by atoms with Crippen molar-refractivity contribution in [3.8, 4) is 35.4 Å². The molecule has 0 saturated heterocycles. The monoisotopic (exact) mass is 420 g/mol. The van der Waals surface area contributed by atoms with Crippen LogP contribution in [0, 0.1) is 24.0 Å². The number of pyridine rings is 1. The lowest BCUT2D eigenvalue weighted by molar-refractivity contribution is 0.382. The molecule has 2 N–H and O–H groups in total. The molecule has 0 unspecified atom stereocenters. The molecule has 0 spiro atoms. The number of phenols is 1. The summed E-state index contributed by atoms with van der Waals surface area (Å²) < 4.78 is 35.2. The molecule has 0 amide bonds. The van der Waals surface area contributed by atoms with E-state index in [0.717, 1.165) is 6.42 Å². The first kappa shape index (κ1) is 20.3. The van der Waals surface area contributed by atoms with Crippen LogP contribution in [0.1, 0.15) is 18.9 Å². The lowest BCUT2D eigenvalue weighted by atomic mass is 9.96. The van der Waals surface area contributed by atoms with Gasteiger partial charge in [-0.1, -0.05) is 18.9 Å². The van der Waals surface area contributed by atoms with Gasteiger partial charge in [-0.25, -0.2) is 8.78 Å². The highest BCUT2D eigenvalue weighted by Crippen LogP contribution is 2.38. The molecule has 0 fully saturated rings. The standard InChI is InChI=1S/C23H18F2N4O2/c1-4-8-26-22-16-11-27-20(19(25)21(16)28-23(29-22)31-3)15-10-13(30)9-12-6-7-17(24)14(5-2)18(12)15/h2,6-7,9-11,30H,4,8H2,1,3H3,(H,26,28,29). The Morgan fingerprint density at radius 3 is 2.74 bits per heavy atom. The van der Waals surface area contributed by atoms with E-state index in [4.69, 9.17) is 11.2 Å². The van der Waals surface area contributed by atoms with E-state index in [1.165, 1.54) is 37.6 Å². The second-order valence-electron chi connectivity index (χ2n) is 6.83. The van der Waals surface area contributed by atoms with Gasteiger partial charge < -0.3 is 15.2 Å². The largest absolute Gasteiger partial charge is 0.508 e. The number of benzene rings is 2. The maximum Gasteiger partial charge on any atom is 0.318 e. The molecule has 0 aliphatic heterocycles. The zero-order valence-electron chi connectivity index (χ0n) is 16.8. The number of phenolic OH excluding ortho intramolecular Hbond substituents is 1. The smallest absolute Gasteiger partial charge is 0.318 e. The number of nitrogens with one attached hydrogen (secondary N) is 1. The third kappa shape index (κ3) is 3.44. The van der Waals surface area contributed by atoms with Crippen molar-refractivity contribution in [2.45, 2.75) is 13.3 Å². The van der Waals surface area contributed by atoms with Gasteiger partial charge in [0.2, 0.25) is 0 Å². The van der Waals surface area contributed by atoms with E-state index >= 15 is 4.39 Å². The molecular weight excluding hydrogens is 402 g/mol. The minimum absolute atomic E-state index is 0.0155. The van der Waals surface area contributed by atoms with Crippen LogP contribution in [-0.4, -0.2) is 33.7 Å². The predicted molar refractivity (Wildman–Crippen MR) is 115 cm³/mol. The van der Waals surface area contributed by atoms with Crippen LogP contribution in [-0.2, 0) is 0 Å². The third-order valence-electron chi connectivity index (χ3n) is 4.84. The number of hydrogen-bond donors (Lipinski definition) is 2. The van der Waals surface area contributed by atoms with Crippen LogP contribution in [0.5, 0.6) is 11.8 Å². The van der Waals surface area contributed by atoms with Crippen molar-refractivity contribution in [1.29, 1.82) is 0 Å². The Bertz CT molecular complexity index is 1370. The summed E-state index contributed by atoms with van der Waals surface area (Å²) in [6.45, 7) is 2.60. The van der Waals surface area contributed by atoms with E-state index in [9.17, 15) is 9.50 Å². The Balaban J connectivity index is 2.06. The Labute approximate surface area is 176 Å². The molecule has 4 aromatic rings. The number of hydrogen-bond acceptors (Lipinski definition) is 6. The van der Waals surface area contributed by atoms with Gasteiger partial charge in [-0.3, -0.25) is 4.98 Å². The average molecular weight is 420 g/mol. The van der Waals surface area contributed by atoms with Crippen LogP contribution in [0.2, 0.25) is 0 Å². The van der Waals surface area contributed by atoms with E-state index in [1.807, 2.05) is 6.92 Å². The highest BCUT2D eigenvalue weighted by molar-refractivity contribution is 6.02. The quantitative estimate of drug-likeness (QED) is 0.458. The van der Waals surface area contributed by atoms with Crippen LogP contribution in [0.3, 0.4) is 0 Å². The van der Waals surface area contributed by atoms with Gasteiger partial charge in [0.05, 0.1) is 18.1 Å². The second kappa shape index (κ2) is 8.03. The van der Waals surface area contributed by atoms with Crippen molar-refractivity contribution < 1.29 is 18.6 Å². The van der Waals surface area contributed by atoms with Gasteiger partial charge in [-0.2, -0.15) is 9.97 Å². The molecule has 0 bridgehead atoms. The van der Waals surface area contributed by atoms with E-state index < -0.39 is 11.6 Å². The van der Waals surface area contributed by atoms with Crippen molar-refractivity contribution in [1.82, 2.24) is 15.0 Å². The molecule has 0 atom stereocenters. The number of aromatic hydroxyl groups is 1. The summed E-state index contributed by atoms with van der Waals surface area (Å²) >= 11 is 0. The van der Waals surface area contributed by atoms with Gasteiger partial charge in [0.15, 0.2) is 5.82 Å². The topological polar surface area (TPSA) is 80.2 Å². The normalized spacial score (nSPS) is 10.9. The summed E-state index contributed by atoms with van der Waals surface area (Å²) in [4.78, 5) is 12.6. The Morgan fingerprint density at radius 2 is 2.03 bits per heavy atom. The number of ether oxygens (including phenoxy) is 1. The molecule has 2 heterocycles. The van der Waals surface area contributed by atoms with Gasteiger partial charge in [0.1, 0.15) is 28.6 Å². The van der Waals surface area contributed by atoms with Crippen molar-refractivity contribution in [3.63, 3.8) is 0 Å². The summed E-state index contributed by atoms with van der Waals surface area (Å²) in [5.41, 5.74) is -0.0369. The molecule has 8 heteroatoms. The lowest BCUT2D eigenvalue weighted by Gasteiger charge is -2.14. The second-order valence-corrected chi connectivity index (χ2v) is 6.83. The van der Waals surface area contributed by atoms with Gasteiger partial charge in [0, 0.05) is 23.7 Å². The summed E-state index contributed by atoms with van der Waals surface area (Å²) in [5.74, 6) is 1.17. The van der Waals surface area contributed by atoms with Crippen molar-refractivity contribution >= 4 is 27.5 Å². The predicted octanol–water partition coefficient (Wildman–Crippen LogP) is 4.64. The SMILES string of the molecule is C#Cc1c(F)ccc2cc(O)cc(-c3ncc4c(NCCC)nc(OC)nc4c3F)c12. The number of aromatic nitrogens is 3. The van der Waals surface area contributed by atoms with Gasteiger partial charge in [0.25, 0.3) is 0 Å². The molecule has 4 rings (SSSR count).